The smallest absolute Gasteiger partial charge is 0.194 e. The van der Waals surface area contributed by atoms with E-state index in [1.54, 1.807) is 0 Å². The zero-order valence-corrected chi connectivity index (χ0v) is 17.0. The predicted molar refractivity (Wildman–Crippen MR) is 111 cm³/mol. The molecule has 1 N–H and O–H groups in total. The fraction of sp³-hybridized carbons (Fsp3) is 0.550. The van der Waals surface area contributed by atoms with Crippen LogP contribution in [0.25, 0.3) is 0 Å². The van der Waals surface area contributed by atoms with Crippen molar-refractivity contribution in [3.8, 4) is 0 Å². The maximum absolute atomic E-state index is 5.01. The van der Waals surface area contributed by atoms with Crippen LogP contribution < -0.4 is 5.32 Å². The molecule has 6 heteroatoms. The molecular weight excluding hydrogens is 342 g/mol. The van der Waals surface area contributed by atoms with Crippen molar-refractivity contribution in [1.82, 2.24) is 19.7 Å². The summed E-state index contributed by atoms with van der Waals surface area (Å²) in [6.07, 6.45) is 4.70. The Hall–Kier alpha value is -1.79. The second kappa shape index (κ2) is 9.24. The van der Waals surface area contributed by atoms with Gasteiger partial charge in [0.15, 0.2) is 5.96 Å². The Morgan fingerprint density at radius 2 is 2.12 bits per heavy atom. The third kappa shape index (κ3) is 4.68. The first kappa shape index (κ1) is 19.0. The molecule has 1 saturated heterocycles. The highest BCUT2D eigenvalue weighted by Crippen LogP contribution is 2.28. The molecule has 1 aliphatic rings. The molecule has 0 amide bonds. The fourth-order valence-electron chi connectivity index (χ4n) is 3.54. The molecule has 0 radical (unpaired) electrons. The summed E-state index contributed by atoms with van der Waals surface area (Å²) < 4.78 is 2.17. The van der Waals surface area contributed by atoms with Crippen molar-refractivity contribution in [3.05, 3.63) is 46.4 Å². The van der Waals surface area contributed by atoms with E-state index in [4.69, 9.17) is 4.99 Å². The normalized spacial score (nSPS) is 16.8. The van der Waals surface area contributed by atoms with Gasteiger partial charge < -0.3 is 14.8 Å². The molecule has 142 valence electrons. The van der Waals surface area contributed by atoms with Crippen LogP contribution in [-0.2, 0) is 13.6 Å². The standard InChI is InChI=1S/C20H31N5S/c1-4-21-20(24(3)16-17-9-7-11-23(17)2)22-15-18(19-10-8-14-26-19)25-12-5-6-13-25/h7-11,14,18H,4-6,12-13,15-16H2,1-3H3,(H,21,22). The summed E-state index contributed by atoms with van der Waals surface area (Å²) in [5.41, 5.74) is 1.28. The van der Waals surface area contributed by atoms with E-state index in [0.717, 1.165) is 25.6 Å². The van der Waals surface area contributed by atoms with E-state index >= 15 is 0 Å². The fourth-order valence-corrected chi connectivity index (χ4v) is 4.39. The summed E-state index contributed by atoms with van der Waals surface area (Å²) in [5.74, 6) is 0.981. The molecule has 0 saturated carbocycles. The Labute approximate surface area is 161 Å². The molecule has 2 aromatic rings. The highest BCUT2D eigenvalue weighted by molar-refractivity contribution is 7.10. The molecule has 0 aliphatic carbocycles. The van der Waals surface area contributed by atoms with Crippen LogP contribution in [0.3, 0.4) is 0 Å². The number of hydrogen-bond donors (Lipinski definition) is 1. The molecule has 26 heavy (non-hydrogen) atoms. The van der Waals surface area contributed by atoms with Crippen molar-refractivity contribution in [2.24, 2.45) is 12.0 Å². The van der Waals surface area contributed by atoms with Gasteiger partial charge in [0.05, 0.1) is 19.1 Å². The van der Waals surface area contributed by atoms with E-state index in [1.807, 2.05) is 11.3 Å². The van der Waals surface area contributed by atoms with Crippen LogP contribution in [0, 0.1) is 0 Å². The third-order valence-corrected chi connectivity index (χ3v) is 5.99. The van der Waals surface area contributed by atoms with Crippen LogP contribution in [0.1, 0.15) is 36.4 Å². The largest absolute Gasteiger partial charge is 0.357 e. The van der Waals surface area contributed by atoms with Crippen LogP contribution in [0.4, 0.5) is 0 Å². The lowest BCUT2D eigenvalue weighted by Crippen LogP contribution is -2.39. The van der Waals surface area contributed by atoms with Gasteiger partial charge in [-0.05, 0) is 56.4 Å². The topological polar surface area (TPSA) is 35.8 Å². The molecule has 1 unspecified atom stereocenters. The highest BCUT2D eigenvalue weighted by Gasteiger charge is 2.24. The minimum Gasteiger partial charge on any atom is -0.357 e. The van der Waals surface area contributed by atoms with Crippen molar-refractivity contribution < 1.29 is 0 Å². The monoisotopic (exact) mass is 373 g/mol. The second-order valence-corrected chi connectivity index (χ2v) is 7.91. The van der Waals surface area contributed by atoms with E-state index in [-0.39, 0.29) is 0 Å². The number of guanidine groups is 1. The average Bonchev–Trinajstić information content (AvgIpc) is 3.38. The summed E-state index contributed by atoms with van der Waals surface area (Å²) in [6, 6.07) is 9.06. The van der Waals surface area contributed by atoms with Crippen LogP contribution in [0.5, 0.6) is 0 Å². The molecule has 5 nitrogen and oxygen atoms in total. The summed E-state index contributed by atoms with van der Waals surface area (Å²) in [6.45, 7) is 7.04. The zero-order valence-electron chi connectivity index (χ0n) is 16.2. The van der Waals surface area contributed by atoms with Gasteiger partial charge in [-0.2, -0.15) is 0 Å². The van der Waals surface area contributed by atoms with Gasteiger partial charge in [-0.1, -0.05) is 6.07 Å². The number of aromatic nitrogens is 1. The molecule has 0 aromatic carbocycles. The number of hydrogen-bond acceptors (Lipinski definition) is 3. The first-order valence-electron chi connectivity index (χ1n) is 9.56. The number of thiophene rings is 1. The SMILES string of the molecule is CCNC(=NCC(c1cccs1)N1CCCC1)N(C)Cc1cccn1C. The van der Waals surface area contributed by atoms with E-state index in [9.17, 15) is 0 Å². The van der Waals surface area contributed by atoms with Gasteiger partial charge in [-0.25, -0.2) is 0 Å². The molecule has 3 rings (SSSR count). The molecule has 1 aliphatic heterocycles. The number of nitrogens with zero attached hydrogens (tertiary/aromatic N) is 4. The van der Waals surface area contributed by atoms with E-state index in [1.165, 1.54) is 36.5 Å². The summed E-state index contributed by atoms with van der Waals surface area (Å²) >= 11 is 1.85. The van der Waals surface area contributed by atoms with Crippen molar-refractivity contribution in [3.63, 3.8) is 0 Å². The number of rotatable bonds is 7. The molecule has 2 aromatic heterocycles. The molecular formula is C20H31N5S. The summed E-state index contributed by atoms with van der Waals surface area (Å²) in [4.78, 5) is 11.2. The Morgan fingerprint density at radius 3 is 2.73 bits per heavy atom. The number of aliphatic imine (C=N–C) groups is 1. The molecule has 0 spiro atoms. The van der Waals surface area contributed by atoms with Crippen molar-refractivity contribution in [2.45, 2.75) is 32.4 Å². The lowest BCUT2D eigenvalue weighted by Gasteiger charge is -2.27. The van der Waals surface area contributed by atoms with E-state index in [0.29, 0.717) is 6.04 Å². The Morgan fingerprint density at radius 1 is 1.31 bits per heavy atom. The van der Waals surface area contributed by atoms with Crippen LogP contribution in [0.15, 0.2) is 40.8 Å². The van der Waals surface area contributed by atoms with Gasteiger partial charge in [-0.3, -0.25) is 9.89 Å². The number of likely N-dealkylation sites (tertiary alicyclic amines) is 1. The second-order valence-electron chi connectivity index (χ2n) is 6.94. The van der Waals surface area contributed by atoms with E-state index in [2.05, 4.69) is 76.5 Å². The maximum atomic E-state index is 5.01. The quantitative estimate of drug-likeness (QED) is 0.597. The van der Waals surface area contributed by atoms with Crippen LogP contribution >= 0.6 is 11.3 Å². The van der Waals surface area contributed by atoms with Crippen LogP contribution in [0.2, 0.25) is 0 Å². The predicted octanol–water partition coefficient (Wildman–Crippen LogP) is 3.32. The molecule has 1 atom stereocenters. The lowest BCUT2D eigenvalue weighted by molar-refractivity contribution is 0.254. The van der Waals surface area contributed by atoms with Crippen molar-refractivity contribution >= 4 is 17.3 Å². The summed E-state index contributed by atoms with van der Waals surface area (Å²) in [7, 11) is 4.21. The number of aryl methyl sites for hydroxylation is 1. The zero-order chi connectivity index (χ0) is 18.4. The van der Waals surface area contributed by atoms with Gasteiger partial charge in [0.25, 0.3) is 0 Å². The molecule has 1 fully saturated rings. The van der Waals surface area contributed by atoms with Gasteiger partial charge in [0.1, 0.15) is 0 Å². The van der Waals surface area contributed by atoms with E-state index < -0.39 is 0 Å². The van der Waals surface area contributed by atoms with Crippen molar-refractivity contribution in [1.29, 1.82) is 0 Å². The van der Waals surface area contributed by atoms with Crippen molar-refractivity contribution in [2.75, 3.05) is 33.2 Å². The van der Waals surface area contributed by atoms with Gasteiger partial charge in [0.2, 0.25) is 0 Å². The summed E-state index contributed by atoms with van der Waals surface area (Å²) in [5, 5.41) is 5.63. The highest BCUT2D eigenvalue weighted by atomic mass is 32.1. The first-order chi connectivity index (χ1) is 12.7. The maximum Gasteiger partial charge on any atom is 0.194 e. The van der Waals surface area contributed by atoms with Gasteiger partial charge in [0, 0.05) is 37.4 Å². The minimum absolute atomic E-state index is 0.398. The average molecular weight is 374 g/mol. The Balaban J connectivity index is 1.72. The Bertz CT molecular complexity index is 685. The minimum atomic E-state index is 0.398. The number of nitrogens with one attached hydrogen (secondary N) is 1. The lowest BCUT2D eigenvalue weighted by atomic mass is 10.2. The first-order valence-corrected chi connectivity index (χ1v) is 10.4. The third-order valence-electron chi connectivity index (χ3n) is 5.01. The molecule has 3 heterocycles. The molecule has 0 bridgehead atoms. The Kier molecular flexibility index (Phi) is 6.74. The van der Waals surface area contributed by atoms with Gasteiger partial charge in [-0.15, -0.1) is 11.3 Å². The van der Waals surface area contributed by atoms with Gasteiger partial charge >= 0.3 is 0 Å². The van der Waals surface area contributed by atoms with Crippen LogP contribution in [-0.4, -0.2) is 53.6 Å².